The first-order chi connectivity index (χ1) is 15.5. The number of hydrogen-bond acceptors (Lipinski definition) is 3. The molecule has 0 aromatic heterocycles. The summed E-state index contributed by atoms with van der Waals surface area (Å²) in [5.41, 5.74) is 10.7. The van der Waals surface area contributed by atoms with Crippen molar-refractivity contribution in [1.82, 2.24) is 0 Å². The van der Waals surface area contributed by atoms with Gasteiger partial charge in [0, 0.05) is 17.0 Å². The third kappa shape index (κ3) is 6.08. The molecule has 3 N–H and O–H groups in total. The lowest BCUT2D eigenvalue weighted by Gasteiger charge is -2.48. The molecule has 0 aliphatic heterocycles. The van der Waals surface area contributed by atoms with Gasteiger partial charge in [-0.15, -0.1) is 6.58 Å². The van der Waals surface area contributed by atoms with Crippen LogP contribution in [0, 0.1) is 28.6 Å². The van der Waals surface area contributed by atoms with Crippen LogP contribution in [0.25, 0.3) is 0 Å². The summed E-state index contributed by atoms with van der Waals surface area (Å²) in [6.45, 7) is 22.9. The maximum Gasteiger partial charge on any atom is 0.0659 e. The molecule has 186 valence electrons. The molecule has 0 aromatic rings. The minimum absolute atomic E-state index is 0.109. The van der Waals surface area contributed by atoms with E-state index in [4.69, 9.17) is 5.73 Å². The van der Waals surface area contributed by atoms with Crippen LogP contribution < -0.4 is 5.73 Å². The maximum absolute atomic E-state index is 10.6. The summed E-state index contributed by atoms with van der Waals surface area (Å²) >= 11 is 1.90. The van der Waals surface area contributed by atoms with E-state index in [9.17, 15) is 5.11 Å². The van der Waals surface area contributed by atoms with Crippen LogP contribution in [0.2, 0.25) is 0 Å². The number of rotatable bonds is 6. The van der Waals surface area contributed by atoms with Crippen molar-refractivity contribution in [2.24, 2.45) is 34.3 Å². The predicted octanol–water partition coefficient (Wildman–Crippen LogP) is 7.45. The molecule has 2 nitrogen and oxygen atoms in total. The maximum atomic E-state index is 10.6. The van der Waals surface area contributed by atoms with Crippen molar-refractivity contribution < 1.29 is 5.11 Å². The van der Waals surface area contributed by atoms with E-state index in [1.165, 1.54) is 23.1 Å². The Bertz CT molecular complexity index is 771. The first-order valence-electron chi connectivity index (χ1n) is 13.2. The van der Waals surface area contributed by atoms with E-state index in [1.54, 1.807) is 0 Å². The van der Waals surface area contributed by atoms with Crippen molar-refractivity contribution in [3.05, 3.63) is 48.6 Å². The van der Waals surface area contributed by atoms with Gasteiger partial charge in [-0.1, -0.05) is 62.8 Å². The third-order valence-electron chi connectivity index (χ3n) is 9.65. The lowest BCUT2D eigenvalue weighted by molar-refractivity contribution is 0.0819. The van der Waals surface area contributed by atoms with Gasteiger partial charge in [0.05, 0.1) is 6.10 Å². The second-order valence-electron chi connectivity index (χ2n) is 12.0. The molecule has 3 aliphatic carbocycles. The molecule has 3 aliphatic rings. The van der Waals surface area contributed by atoms with Crippen LogP contribution in [0.3, 0.4) is 0 Å². The van der Waals surface area contributed by atoms with E-state index in [2.05, 4.69) is 59.6 Å². The molecule has 0 amide bonds. The highest BCUT2D eigenvalue weighted by Crippen LogP contribution is 2.57. The van der Waals surface area contributed by atoms with Crippen LogP contribution in [0.15, 0.2) is 48.6 Å². The molecule has 8 atom stereocenters. The fraction of sp³-hybridized carbons (Fsp3) is 0.733. The zero-order chi connectivity index (χ0) is 24.4. The first-order valence-corrected chi connectivity index (χ1v) is 14.3. The highest BCUT2D eigenvalue weighted by Gasteiger charge is 2.47. The van der Waals surface area contributed by atoms with Crippen molar-refractivity contribution in [3.63, 3.8) is 0 Å². The van der Waals surface area contributed by atoms with E-state index in [0.29, 0.717) is 17.8 Å². The van der Waals surface area contributed by atoms with Gasteiger partial charge in [0.25, 0.3) is 0 Å². The summed E-state index contributed by atoms with van der Waals surface area (Å²) < 4.78 is 0. The second kappa shape index (κ2) is 10.9. The smallest absolute Gasteiger partial charge is 0.0659 e. The molecule has 0 saturated heterocycles. The Kier molecular flexibility index (Phi) is 8.84. The highest BCUT2D eigenvalue weighted by atomic mass is 32.2. The summed E-state index contributed by atoms with van der Waals surface area (Å²) in [4.78, 5) is 0. The number of aliphatic hydroxyl groups is 1. The van der Waals surface area contributed by atoms with Crippen molar-refractivity contribution in [2.45, 2.75) is 103 Å². The van der Waals surface area contributed by atoms with Gasteiger partial charge < -0.3 is 10.8 Å². The minimum Gasteiger partial charge on any atom is -0.392 e. The molecule has 1 spiro atoms. The monoisotopic (exact) mass is 471 g/mol. The highest BCUT2D eigenvalue weighted by molar-refractivity contribution is 8.00. The SMILES string of the molecule is C=C[C@]1(C)C[C@@H](CC(=C)CSC2CCC(N)CCC2O)/C(C)=C\C2(CCC(=C)C2)[C@@H](C)C1C. The molecule has 2 fully saturated rings. The van der Waals surface area contributed by atoms with Crippen LogP contribution in [0.1, 0.15) is 85.5 Å². The standard InChI is InChI=1S/C30H49NOS/c1-8-29(7)18-25(15-21(3)19-33-28-12-10-26(31)9-11-27(28)32)22(4)17-30(24(6)23(29)5)14-13-20(2)16-30/h8,17,23-28,32H,1-3,9-16,18-19,31H2,4-7H3/b22-17-/t23?,24-,25+,26?,27?,28?,29+,30?/m0/s1. The van der Waals surface area contributed by atoms with Gasteiger partial charge in [0.15, 0.2) is 0 Å². The van der Waals surface area contributed by atoms with E-state index in [1.807, 2.05) is 11.8 Å². The Morgan fingerprint density at radius 2 is 1.94 bits per heavy atom. The van der Waals surface area contributed by atoms with Gasteiger partial charge in [-0.05, 0) is 93.3 Å². The predicted molar refractivity (Wildman–Crippen MR) is 146 cm³/mol. The lowest BCUT2D eigenvalue weighted by atomic mass is 9.56. The molecular weight excluding hydrogens is 422 g/mol. The normalized spacial score (nSPS) is 43.9. The lowest BCUT2D eigenvalue weighted by Crippen LogP contribution is -2.40. The minimum atomic E-state index is -0.235. The number of nitrogens with two attached hydrogens (primary N) is 1. The second-order valence-corrected chi connectivity index (χ2v) is 13.2. The van der Waals surface area contributed by atoms with Crippen LogP contribution in [-0.2, 0) is 0 Å². The van der Waals surface area contributed by atoms with Crippen LogP contribution in [0.4, 0.5) is 0 Å². The average Bonchev–Trinajstić information content (AvgIpc) is 3.08. The van der Waals surface area contributed by atoms with Crippen LogP contribution >= 0.6 is 11.8 Å². The fourth-order valence-electron chi connectivity index (χ4n) is 6.83. The fourth-order valence-corrected chi connectivity index (χ4v) is 8.06. The third-order valence-corrected chi connectivity index (χ3v) is 11.2. The largest absolute Gasteiger partial charge is 0.392 e. The quantitative estimate of drug-likeness (QED) is 0.312. The van der Waals surface area contributed by atoms with Gasteiger partial charge in [0.2, 0.25) is 0 Å². The van der Waals surface area contributed by atoms with E-state index in [0.717, 1.165) is 57.1 Å². The number of allylic oxidation sites excluding steroid dienone is 4. The molecule has 3 rings (SSSR count). The van der Waals surface area contributed by atoms with Crippen molar-refractivity contribution >= 4 is 11.8 Å². The molecule has 33 heavy (non-hydrogen) atoms. The van der Waals surface area contributed by atoms with E-state index in [-0.39, 0.29) is 28.2 Å². The Morgan fingerprint density at radius 3 is 2.58 bits per heavy atom. The van der Waals surface area contributed by atoms with Crippen LogP contribution in [0.5, 0.6) is 0 Å². The number of aliphatic hydroxyl groups excluding tert-OH is 1. The molecule has 0 heterocycles. The molecule has 5 unspecified atom stereocenters. The van der Waals surface area contributed by atoms with Crippen molar-refractivity contribution in [3.8, 4) is 0 Å². The van der Waals surface area contributed by atoms with Gasteiger partial charge in [0.1, 0.15) is 0 Å². The Balaban J connectivity index is 1.75. The summed E-state index contributed by atoms with van der Waals surface area (Å²) in [5, 5.41) is 10.9. The van der Waals surface area contributed by atoms with Gasteiger partial charge in [-0.25, -0.2) is 0 Å². The van der Waals surface area contributed by atoms with Crippen molar-refractivity contribution in [1.29, 1.82) is 0 Å². The van der Waals surface area contributed by atoms with E-state index < -0.39 is 0 Å². The summed E-state index contributed by atoms with van der Waals surface area (Å²) in [6, 6.07) is 0.246. The molecule has 0 aromatic carbocycles. The Hall–Kier alpha value is -0.770. The Labute approximate surface area is 208 Å². The first kappa shape index (κ1) is 26.8. The molecule has 0 radical (unpaired) electrons. The molecule has 3 heteroatoms. The summed E-state index contributed by atoms with van der Waals surface area (Å²) in [6.07, 6.45) is 14.1. The van der Waals surface area contributed by atoms with Gasteiger partial charge in [-0.3, -0.25) is 0 Å². The molecular formula is C30H49NOS. The summed E-state index contributed by atoms with van der Waals surface area (Å²) in [5.74, 6) is 2.60. The number of thioether (sulfide) groups is 1. The molecule has 0 bridgehead atoms. The summed E-state index contributed by atoms with van der Waals surface area (Å²) in [7, 11) is 0. The Morgan fingerprint density at radius 1 is 1.24 bits per heavy atom. The van der Waals surface area contributed by atoms with Crippen LogP contribution in [-0.4, -0.2) is 28.3 Å². The number of hydrogen-bond donors (Lipinski definition) is 2. The molecule has 2 saturated carbocycles. The van der Waals surface area contributed by atoms with Crippen molar-refractivity contribution in [2.75, 3.05) is 5.75 Å². The van der Waals surface area contributed by atoms with Gasteiger partial charge in [-0.2, -0.15) is 11.8 Å². The zero-order valence-electron chi connectivity index (χ0n) is 21.7. The zero-order valence-corrected chi connectivity index (χ0v) is 22.6. The van der Waals surface area contributed by atoms with E-state index >= 15 is 0 Å². The van der Waals surface area contributed by atoms with Gasteiger partial charge >= 0.3 is 0 Å². The average molecular weight is 472 g/mol. The topological polar surface area (TPSA) is 46.2 Å².